The molecule has 1 aromatic carbocycles. The molecule has 1 aromatic rings. The van der Waals surface area contributed by atoms with Crippen molar-refractivity contribution in [1.29, 1.82) is 0 Å². The molecule has 1 aliphatic heterocycles. The molecule has 18 heavy (non-hydrogen) atoms. The summed E-state index contributed by atoms with van der Waals surface area (Å²) in [6, 6.07) is 7.75. The first-order valence-electron chi connectivity index (χ1n) is 6.33. The molecule has 4 heteroatoms. The number of carbonyl (C=O) groups is 1. The van der Waals surface area contributed by atoms with E-state index in [1.54, 1.807) is 0 Å². The van der Waals surface area contributed by atoms with Gasteiger partial charge in [-0.25, -0.2) is 0 Å². The van der Waals surface area contributed by atoms with Crippen molar-refractivity contribution >= 4 is 17.5 Å². The van der Waals surface area contributed by atoms with Crippen molar-refractivity contribution in [2.24, 2.45) is 0 Å². The quantitative estimate of drug-likeness (QED) is 0.851. The van der Waals surface area contributed by atoms with E-state index in [1.807, 2.05) is 24.3 Å². The third-order valence-electron chi connectivity index (χ3n) is 3.30. The Bertz CT molecular complexity index is 422. The highest BCUT2D eigenvalue weighted by atomic mass is 35.5. The van der Waals surface area contributed by atoms with Gasteiger partial charge in [-0.3, -0.25) is 4.79 Å². The maximum absolute atomic E-state index is 12.1. The Labute approximate surface area is 113 Å². The number of likely N-dealkylation sites (N-methyl/N-ethyl adjacent to an activating group) is 1. The second-order valence-electron chi connectivity index (χ2n) is 4.91. The fourth-order valence-electron chi connectivity index (χ4n) is 2.35. The molecule has 1 N–H and O–H groups in total. The van der Waals surface area contributed by atoms with Crippen LogP contribution in [0, 0.1) is 0 Å². The summed E-state index contributed by atoms with van der Waals surface area (Å²) in [7, 11) is 2.09. The van der Waals surface area contributed by atoms with Crippen LogP contribution in [0.15, 0.2) is 24.3 Å². The smallest absolute Gasteiger partial charge is 0.251 e. The van der Waals surface area contributed by atoms with E-state index in [9.17, 15) is 4.79 Å². The van der Waals surface area contributed by atoms with Crippen molar-refractivity contribution < 1.29 is 4.79 Å². The number of nitrogens with one attached hydrogen (secondary N) is 1. The molecule has 1 aliphatic rings. The van der Waals surface area contributed by atoms with Crippen LogP contribution in [0.3, 0.4) is 0 Å². The summed E-state index contributed by atoms with van der Waals surface area (Å²) < 4.78 is 0. The van der Waals surface area contributed by atoms with Crippen LogP contribution >= 0.6 is 11.6 Å². The van der Waals surface area contributed by atoms with Gasteiger partial charge in [0, 0.05) is 24.0 Å². The van der Waals surface area contributed by atoms with Gasteiger partial charge >= 0.3 is 0 Å². The molecule has 0 saturated carbocycles. The number of likely N-dealkylation sites (tertiary alicyclic amines) is 1. The van der Waals surface area contributed by atoms with Crippen molar-refractivity contribution in [1.82, 2.24) is 10.2 Å². The zero-order chi connectivity index (χ0) is 13.0. The Kier molecular flexibility index (Phi) is 4.61. The molecule has 1 heterocycles. The molecule has 1 saturated heterocycles. The fourth-order valence-corrected chi connectivity index (χ4v) is 2.51. The van der Waals surface area contributed by atoms with Gasteiger partial charge in [-0.15, -0.1) is 11.6 Å². The number of carbonyl (C=O) groups excluding carboxylic acids is 1. The summed E-state index contributed by atoms with van der Waals surface area (Å²) in [6.07, 6.45) is 2.20. The van der Waals surface area contributed by atoms with Crippen LogP contribution in [0.25, 0.3) is 0 Å². The molecule has 0 aliphatic carbocycles. The summed E-state index contributed by atoms with van der Waals surface area (Å²) >= 11 is 5.78. The van der Waals surface area contributed by atoms with E-state index in [2.05, 4.69) is 17.3 Å². The maximum Gasteiger partial charge on any atom is 0.251 e. The zero-order valence-corrected chi connectivity index (χ0v) is 11.4. The first-order valence-corrected chi connectivity index (χ1v) is 6.87. The maximum atomic E-state index is 12.1. The number of hydrogen-bond donors (Lipinski definition) is 1. The first kappa shape index (κ1) is 13.4. The van der Waals surface area contributed by atoms with Crippen molar-refractivity contribution in [3.63, 3.8) is 0 Å². The van der Waals surface area contributed by atoms with E-state index in [-0.39, 0.29) is 11.9 Å². The molecular formula is C14H19ClN2O. The molecule has 1 atom stereocenters. The van der Waals surface area contributed by atoms with Crippen LogP contribution in [-0.4, -0.2) is 37.0 Å². The molecule has 0 aromatic heterocycles. The number of rotatable bonds is 3. The lowest BCUT2D eigenvalue weighted by Crippen LogP contribution is -2.46. The summed E-state index contributed by atoms with van der Waals surface area (Å²) in [5.41, 5.74) is 1.67. The molecule has 2 rings (SSSR count). The molecule has 0 bridgehead atoms. The minimum Gasteiger partial charge on any atom is -0.348 e. The van der Waals surface area contributed by atoms with E-state index in [1.165, 1.54) is 0 Å². The van der Waals surface area contributed by atoms with E-state index in [4.69, 9.17) is 11.6 Å². The van der Waals surface area contributed by atoms with Gasteiger partial charge in [0.25, 0.3) is 5.91 Å². The van der Waals surface area contributed by atoms with E-state index < -0.39 is 0 Å². The fraction of sp³-hybridized carbons (Fsp3) is 0.500. The summed E-state index contributed by atoms with van der Waals surface area (Å²) in [6.45, 7) is 2.05. The third-order valence-corrected chi connectivity index (χ3v) is 3.61. The van der Waals surface area contributed by atoms with Gasteiger partial charge in [0.2, 0.25) is 0 Å². The normalized spacial score (nSPS) is 20.7. The van der Waals surface area contributed by atoms with E-state index in [0.29, 0.717) is 11.4 Å². The molecular weight excluding hydrogens is 248 g/mol. The largest absolute Gasteiger partial charge is 0.348 e. The van der Waals surface area contributed by atoms with Gasteiger partial charge < -0.3 is 10.2 Å². The van der Waals surface area contributed by atoms with Crippen molar-refractivity contribution in [2.45, 2.75) is 24.8 Å². The molecule has 1 unspecified atom stereocenters. The lowest BCUT2D eigenvalue weighted by atomic mass is 10.1. The molecule has 1 amide bonds. The number of halogens is 1. The van der Waals surface area contributed by atoms with Gasteiger partial charge in [-0.1, -0.05) is 12.1 Å². The Morgan fingerprint density at radius 2 is 2.39 bits per heavy atom. The standard InChI is InChI=1S/C14H19ClN2O/c1-17-7-3-6-13(10-17)16-14(18)12-5-2-4-11(8-12)9-15/h2,4-5,8,13H,3,6-7,9-10H2,1H3,(H,16,18). The van der Waals surface area contributed by atoms with Crippen LogP contribution in [0.1, 0.15) is 28.8 Å². The summed E-state index contributed by atoms with van der Waals surface area (Å²) in [5.74, 6) is 0.440. The molecule has 0 spiro atoms. The zero-order valence-electron chi connectivity index (χ0n) is 10.7. The van der Waals surface area contributed by atoms with E-state index in [0.717, 1.165) is 31.5 Å². The number of nitrogens with zero attached hydrogens (tertiary/aromatic N) is 1. The SMILES string of the molecule is CN1CCCC(NC(=O)c2cccc(CCl)c2)C1. The lowest BCUT2D eigenvalue weighted by Gasteiger charge is -2.30. The Morgan fingerprint density at radius 1 is 1.56 bits per heavy atom. The highest BCUT2D eigenvalue weighted by Gasteiger charge is 2.19. The summed E-state index contributed by atoms with van der Waals surface area (Å²) in [4.78, 5) is 14.4. The Hall–Kier alpha value is -1.06. The number of piperidine rings is 1. The second kappa shape index (κ2) is 6.21. The summed E-state index contributed by atoms with van der Waals surface area (Å²) in [5, 5.41) is 3.09. The van der Waals surface area contributed by atoms with Gasteiger partial charge in [0.15, 0.2) is 0 Å². The molecule has 3 nitrogen and oxygen atoms in total. The van der Waals surface area contributed by atoms with Crippen LogP contribution in [0.4, 0.5) is 0 Å². The average Bonchev–Trinajstić information content (AvgIpc) is 2.39. The number of alkyl halides is 1. The van der Waals surface area contributed by atoms with Crippen LogP contribution < -0.4 is 5.32 Å². The molecule has 98 valence electrons. The lowest BCUT2D eigenvalue weighted by molar-refractivity contribution is 0.0912. The van der Waals surface area contributed by atoms with Crippen molar-refractivity contribution in [2.75, 3.05) is 20.1 Å². The monoisotopic (exact) mass is 266 g/mol. The van der Waals surface area contributed by atoms with Crippen LogP contribution in [0.5, 0.6) is 0 Å². The minimum absolute atomic E-state index is 0.00210. The van der Waals surface area contributed by atoms with Crippen molar-refractivity contribution in [3.8, 4) is 0 Å². The molecule has 0 radical (unpaired) electrons. The van der Waals surface area contributed by atoms with Gasteiger partial charge in [0.1, 0.15) is 0 Å². The third kappa shape index (κ3) is 3.47. The average molecular weight is 267 g/mol. The highest BCUT2D eigenvalue weighted by Crippen LogP contribution is 2.11. The number of amides is 1. The van der Waals surface area contributed by atoms with Crippen LogP contribution in [-0.2, 0) is 5.88 Å². The highest BCUT2D eigenvalue weighted by molar-refractivity contribution is 6.17. The first-order chi connectivity index (χ1) is 8.69. The second-order valence-corrected chi connectivity index (χ2v) is 5.18. The number of hydrogen-bond acceptors (Lipinski definition) is 2. The Morgan fingerprint density at radius 3 is 3.11 bits per heavy atom. The van der Waals surface area contributed by atoms with Crippen LogP contribution in [0.2, 0.25) is 0 Å². The van der Waals surface area contributed by atoms with Crippen molar-refractivity contribution in [3.05, 3.63) is 35.4 Å². The van der Waals surface area contributed by atoms with E-state index >= 15 is 0 Å². The molecule has 1 fully saturated rings. The predicted octanol–water partition coefficient (Wildman–Crippen LogP) is 2.25. The number of benzene rings is 1. The predicted molar refractivity (Wildman–Crippen MR) is 74.0 cm³/mol. The van der Waals surface area contributed by atoms with Gasteiger partial charge in [-0.2, -0.15) is 0 Å². The van der Waals surface area contributed by atoms with Gasteiger partial charge in [-0.05, 0) is 44.1 Å². The minimum atomic E-state index is 0.00210. The van der Waals surface area contributed by atoms with Gasteiger partial charge in [0.05, 0.1) is 0 Å². The topological polar surface area (TPSA) is 32.3 Å². The Balaban J connectivity index is 1.98.